The van der Waals surface area contributed by atoms with Gasteiger partial charge >= 0.3 is 6.18 Å². The summed E-state index contributed by atoms with van der Waals surface area (Å²) in [7, 11) is 0. The Morgan fingerprint density at radius 2 is 1.66 bits per heavy atom. The van der Waals surface area contributed by atoms with Crippen molar-refractivity contribution in [1.82, 2.24) is 0 Å². The number of benzene rings is 3. The lowest BCUT2D eigenvalue weighted by molar-refractivity contribution is -0.137. The minimum Gasteiger partial charge on any atom is -0.476 e. The van der Waals surface area contributed by atoms with Gasteiger partial charge < -0.3 is 10.1 Å². The lowest BCUT2D eigenvalue weighted by Gasteiger charge is -2.19. The number of hydrogen-bond donors (Lipinski definition) is 1. The number of alkyl halides is 3. The lowest BCUT2D eigenvalue weighted by Crippen LogP contribution is -2.25. The van der Waals surface area contributed by atoms with Crippen LogP contribution in [0.25, 0.3) is 0 Å². The predicted octanol–water partition coefficient (Wildman–Crippen LogP) is 5.34. The summed E-state index contributed by atoms with van der Waals surface area (Å²) < 4.78 is 44.5. The minimum atomic E-state index is -4.52. The molecule has 29 heavy (non-hydrogen) atoms. The molecule has 0 aliphatic rings. The van der Waals surface area contributed by atoms with Crippen molar-refractivity contribution in [1.29, 1.82) is 5.26 Å². The van der Waals surface area contributed by atoms with Gasteiger partial charge in [0.15, 0.2) is 0 Å². The van der Waals surface area contributed by atoms with E-state index in [-0.39, 0.29) is 5.69 Å². The molecule has 1 atom stereocenters. The van der Waals surface area contributed by atoms with E-state index in [1.54, 1.807) is 54.6 Å². The molecule has 146 valence electrons. The number of carbonyl (C=O) groups excluding carboxylic acids is 1. The monoisotopic (exact) mass is 396 g/mol. The van der Waals surface area contributed by atoms with Crippen molar-refractivity contribution in [2.45, 2.75) is 12.3 Å². The summed E-state index contributed by atoms with van der Waals surface area (Å²) in [5.41, 5.74) is 0.108. The topological polar surface area (TPSA) is 62.1 Å². The molecule has 0 radical (unpaired) electrons. The molecule has 3 aromatic carbocycles. The summed E-state index contributed by atoms with van der Waals surface area (Å²) in [6.07, 6.45) is -5.61. The molecule has 0 saturated carbocycles. The molecule has 7 heteroatoms. The molecule has 0 spiro atoms. The third-order valence-corrected chi connectivity index (χ3v) is 4.04. The summed E-state index contributed by atoms with van der Waals surface area (Å²) in [6.45, 7) is 0. The molecule has 0 fully saturated rings. The van der Waals surface area contributed by atoms with Crippen molar-refractivity contribution < 1.29 is 22.7 Å². The third kappa shape index (κ3) is 5.14. The van der Waals surface area contributed by atoms with Gasteiger partial charge in [0, 0.05) is 11.3 Å². The van der Waals surface area contributed by atoms with Gasteiger partial charge in [0.1, 0.15) is 5.75 Å². The number of ether oxygens (including phenoxy) is 1. The van der Waals surface area contributed by atoms with Crippen LogP contribution in [0.15, 0.2) is 78.9 Å². The van der Waals surface area contributed by atoms with Crippen LogP contribution in [0.4, 0.5) is 18.9 Å². The predicted molar refractivity (Wildman–Crippen MR) is 101 cm³/mol. The van der Waals surface area contributed by atoms with Gasteiger partial charge in [-0.1, -0.05) is 36.4 Å². The largest absolute Gasteiger partial charge is 0.476 e. The van der Waals surface area contributed by atoms with E-state index >= 15 is 0 Å². The van der Waals surface area contributed by atoms with Crippen LogP contribution in [0.2, 0.25) is 0 Å². The third-order valence-electron chi connectivity index (χ3n) is 4.04. The lowest BCUT2D eigenvalue weighted by atomic mass is 10.1. The second kappa shape index (κ2) is 8.48. The molecule has 0 saturated heterocycles. The van der Waals surface area contributed by atoms with Crippen molar-refractivity contribution in [3.05, 3.63) is 95.6 Å². The SMILES string of the molecule is N#Cc1ccc(O[C@H](C(=O)Nc2cccc(C(F)(F)F)c2)c2ccccc2)cc1. The minimum absolute atomic E-state index is 0.00850. The Morgan fingerprint density at radius 3 is 2.28 bits per heavy atom. The van der Waals surface area contributed by atoms with Gasteiger partial charge in [-0.3, -0.25) is 4.79 Å². The first kappa shape index (κ1) is 20.0. The Morgan fingerprint density at radius 1 is 0.966 bits per heavy atom. The molecule has 1 amide bonds. The first-order valence-corrected chi connectivity index (χ1v) is 8.57. The maximum absolute atomic E-state index is 12.9. The standard InChI is InChI=1S/C22H15F3N2O2/c23-22(24,25)17-7-4-8-18(13-17)27-21(28)20(16-5-2-1-3-6-16)29-19-11-9-15(14-26)10-12-19/h1-13,20H,(H,27,28)/t20-/m0/s1. The Kier molecular flexibility index (Phi) is 5.84. The van der Waals surface area contributed by atoms with E-state index in [1.165, 1.54) is 12.1 Å². The van der Waals surface area contributed by atoms with Crippen LogP contribution < -0.4 is 10.1 Å². The molecule has 0 aliphatic heterocycles. The number of nitrogens with one attached hydrogen (secondary N) is 1. The molecule has 1 N–H and O–H groups in total. The Hall–Kier alpha value is -3.79. The van der Waals surface area contributed by atoms with Gasteiger partial charge in [0.05, 0.1) is 17.2 Å². The molecule has 3 aromatic rings. The molecular formula is C22H15F3N2O2. The summed E-state index contributed by atoms with van der Waals surface area (Å²) in [5, 5.41) is 11.4. The van der Waals surface area contributed by atoms with Crippen LogP contribution >= 0.6 is 0 Å². The molecule has 0 unspecified atom stereocenters. The zero-order valence-electron chi connectivity index (χ0n) is 15.0. The van der Waals surface area contributed by atoms with Gasteiger partial charge in [-0.2, -0.15) is 18.4 Å². The van der Waals surface area contributed by atoms with Crippen LogP contribution in [-0.4, -0.2) is 5.91 Å². The van der Waals surface area contributed by atoms with Crippen LogP contribution in [0.5, 0.6) is 5.75 Å². The van der Waals surface area contributed by atoms with E-state index in [9.17, 15) is 18.0 Å². The number of hydrogen-bond acceptors (Lipinski definition) is 3. The highest BCUT2D eigenvalue weighted by molar-refractivity contribution is 5.95. The van der Waals surface area contributed by atoms with E-state index in [1.807, 2.05) is 6.07 Å². The quantitative estimate of drug-likeness (QED) is 0.634. The molecule has 0 aromatic heterocycles. The highest BCUT2D eigenvalue weighted by atomic mass is 19.4. The van der Waals surface area contributed by atoms with Gasteiger partial charge in [0.2, 0.25) is 6.10 Å². The van der Waals surface area contributed by atoms with Crippen molar-refractivity contribution in [2.24, 2.45) is 0 Å². The molecule has 4 nitrogen and oxygen atoms in total. The fourth-order valence-corrected chi connectivity index (χ4v) is 2.63. The Bertz CT molecular complexity index is 1030. The fraction of sp³-hybridized carbons (Fsp3) is 0.0909. The number of anilines is 1. The number of halogens is 3. The number of nitrogens with zero attached hydrogens (tertiary/aromatic N) is 1. The van der Waals surface area contributed by atoms with Gasteiger partial charge in [-0.05, 0) is 42.5 Å². The second-order valence-corrected chi connectivity index (χ2v) is 6.11. The molecule has 0 aliphatic carbocycles. The zero-order chi connectivity index (χ0) is 20.9. The molecule has 3 rings (SSSR count). The van der Waals surface area contributed by atoms with E-state index in [0.29, 0.717) is 16.9 Å². The van der Waals surface area contributed by atoms with Crippen molar-refractivity contribution in [3.63, 3.8) is 0 Å². The zero-order valence-corrected chi connectivity index (χ0v) is 15.0. The number of rotatable bonds is 5. The van der Waals surface area contributed by atoms with Gasteiger partial charge in [-0.25, -0.2) is 0 Å². The fourth-order valence-electron chi connectivity index (χ4n) is 2.63. The van der Waals surface area contributed by atoms with E-state index in [4.69, 9.17) is 10.00 Å². The maximum atomic E-state index is 12.9. The number of nitriles is 1. The van der Waals surface area contributed by atoms with Crippen LogP contribution in [0.1, 0.15) is 22.8 Å². The highest BCUT2D eigenvalue weighted by Crippen LogP contribution is 2.31. The Labute approximate surface area is 165 Å². The van der Waals surface area contributed by atoms with E-state index in [0.717, 1.165) is 12.1 Å². The molecular weight excluding hydrogens is 381 g/mol. The second-order valence-electron chi connectivity index (χ2n) is 6.11. The van der Waals surface area contributed by atoms with Crippen LogP contribution in [0.3, 0.4) is 0 Å². The van der Waals surface area contributed by atoms with E-state index in [2.05, 4.69) is 5.32 Å². The first-order chi connectivity index (χ1) is 13.9. The van der Waals surface area contributed by atoms with Gasteiger partial charge in [-0.15, -0.1) is 0 Å². The summed E-state index contributed by atoms with van der Waals surface area (Å²) in [4.78, 5) is 12.8. The average Bonchev–Trinajstić information content (AvgIpc) is 2.72. The smallest absolute Gasteiger partial charge is 0.416 e. The van der Waals surface area contributed by atoms with Crippen LogP contribution in [-0.2, 0) is 11.0 Å². The van der Waals surface area contributed by atoms with Crippen molar-refractivity contribution >= 4 is 11.6 Å². The summed E-state index contributed by atoms with van der Waals surface area (Å²) in [5.74, 6) is -0.281. The van der Waals surface area contributed by atoms with E-state index < -0.39 is 23.8 Å². The molecule has 0 bridgehead atoms. The van der Waals surface area contributed by atoms with Crippen molar-refractivity contribution in [3.8, 4) is 11.8 Å². The first-order valence-electron chi connectivity index (χ1n) is 8.57. The Balaban J connectivity index is 1.86. The number of carbonyl (C=O) groups is 1. The normalized spacial score (nSPS) is 11.9. The summed E-state index contributed by atoms with van der Waals surface area (Å²) in [6, 6.07) is 21.1. The van der Waals surface area contributed by atoms with Crippen LogP contribution in [0, 0.1) is 11.3 Å². The van der Waals surface area contributed by atoms with Gasteiger partial charge in [0.25, 0.3) is 5.91 Å². The summed E-state index contributed by atoms with van der Waals surface area (Å²) >= 11 is 0. The van der Waals surface area contributed by atoms with Crippen molar-refractivity contribution in [2.75, 3.05) is 5.32 Å². The number of amides is 1. The highest BCUT2D eigenvalue weighted by Gasteiger charge is 2.31. The average molecular weight is 396 g/mol. The maximum Gasteiger partial charge on any atom is 0.416 e. The molecule has 0 heterocycles.